The minimum atomic E-state index is -0.531. The van der Waals surface area contributed by atoms with Crippen LogP contribution in [-0.4, -0.2) is 64.9 Å². The summed E-state index contributed by atoms with van der Waals surface area (Å²) in [7, 11) is 0. The molecule has 1 atom stereocenters. The Labute approximate surface area is 115 Å². The molecule has 0 saturated carbocycles. The highest BCUT2D eigenvalue weighted by molar-refractivity contribution is 5.84. The number of hydroxylamine groups is 2. The molecule has 2 aliphatic rings. The van der Waals surface area contributed by atoms with Crippen molar-refractivity contribution in [2.75, 3.05) is 32.8 Å². The van der Waals surface area contributed by atoms with Crippen molar-refractivity contribution in [3.63, 3.8) is 0 Å². The van der Waals surface area contributed by atoms with Gasteiger partial charge in [0, 0.05) is 31.6 Å². The molecule has 2 saturated heterocycles. The number of hydrogen-bond donors (Lipinski definition) is 1. The van der Waals surface area contributed by atoms with Gasteiger partial charge < -0.3 is 9.94 Å². The highest BCUT2D eigenvalue weighted by Crippen LogP contribution is 2.39. The van der Waals surface area contributed by atoms with Crippen LogP contribution in [0, 0.1) is 5.92 Å². The van der Waals surface area contributed by atoms with E-state index < -0.39 is 11.1 Å². The van der Waals surface area contributed by atoms with Crippen molar-refractivity contribution in [3.05, 3.63) is 0 Å². The second-order valence-electron chi connectivity index (χ2n) is 6.89. The van der Waals surface area contributed by atoms with E-state index in [0.717, 1.165) is 26.3 Å². The Kier molecular flexibility index (Phi) is 4.02. The molecule has 0 bridgehead atoms. The highest BCUT2D eigenvalue weighted by atomic mass is 16.5. The third-order valence-electron chi connectivity index (χ3n) is 4.51. The molecule has 0 spiro atoms. The van der Waals surface area contributed by atoms with Crippen LogP contribution in [0.1, 0.15) is 34.1 Å². The van der Waals surface area contributed by atoms with E-state index >= 15 is 0 Å². The molecule has 0 aromatic carbocycles. The van der Waals surface area contributed by atoms with Gasteiger partial charge in [-0.3, -0.25) is 9.69 Å². The summed E-state index contributed by atoms with van der Waals surface area (Å²) in [6, 6.07) is 0. The van der Waals surface area contributed by atoms with Gasteiger partial charge >= 0.3 is 0 Å². The predicted octanol–water partition coefficient (Wildman–Crippen LogP) is 1.16. The number of piperidine rings is 1. The van der Waals surface area contributed by atoms with E-state index in [1.807, 2.05) is 27.7 Å². The van der Waals surface area contributed by atoms with Gasteiger partial charge in [0.15, 0.2) is 0 Å². The Morgan fingerprint density at radius 2 is 1.84 bits per heavy atom. The van der Waals surface area contributed by atoms with Crippen molar-refractivity contribution in [2.45, 2.75) is 45.2 Å². The van der Waals surface area contributed by atoms with Crippen molar-refractivity contribution in [1.29, 1.82) is 0 Å². The average Bonchev–Trinajstić information content (AvgIpc) is 2.34. The van der Waals surface area contributed by atoms with Crippen molar-refractivity contribution >= 4 is 5.78 Å². The van der Waals surface area contributed by atoms with Crippen molar-refractivity contribution in [3.8, 4) is 0 Å². The molecule has 1 N–H and O–H groups in total. The van der Waals surface area contributed by atoms with Crippen LogP contribution < -0.4 is 0 Å². The van der Waals surface area contributed by atoms with Crippen LogP contribution in [0.25, 0.3) is 0 Å². The van der Waals surface area contributed by atoms with Crippen LogP contribution in [0.15, 0.2) is 0 Å². The lowest BCUT2D eigenvalue weighted by atomic mass is 9.73. The zero-order chi connectivity index (χ0) is 14.3. The van der Waals surface area contributed by atoms with Gasteiger partial charge in [0.25, 0.3) is 0 Å². The topological polar surface area (TPSA) is 53.0 Å². The number of Topliss-reactive ketones (excluding diaryl/α,β-unsaturated/α-hetero) is 1. The van der Waals surface area contributed by atoms with Gasteiger partial charge in [0.1, 0.15) is 5.78 Å². The number of ketones is 1. The van der Waals surface area contributed by atoms with Crippen LogP contribution in [0.2, 0.25) is 0 Å². The average molecular weight is 270 g/mol. The lowest BCUT2D eigenvalue weighted by Gasteiger charge is -2.52. The van der Waals surface area contributed by atoms with E-state index in [1.54, 1.807) is 0 Å². The molecule has 2 rings (SSSR count). The van der Waals surface area contributed by atoms with E-state index in [4.69, 9.17) is 4.74 Å². The first-order valence-electron chi connectivity index (χ1n) is 7.07. The maximum atomic E-state index is 12.4. The van der Waals surface area contributed by atoms with Gasteiger partial charge in [-0.2, -0.15) is 5.06 Å². The molecule has 0 radical (unpaired) electrons. The molecule has 110 valence electrons. The Morgan fingerprint density at radius 1 is 1.26 bits per heavy atom. The number of carbonyl (C=O) groups excluding carboxylic acids is 1. The molecule has 5 nitrogen and oxygen atoms in total. The predicted molar refractivity (Wildman–Crippen MR) is 72.2 cm³/mol. The Hall–Kier alpha value is -0.490. The summed E-state index contributed by atoms with van der Waals surface area (Å²) in [4.78, 5) is 14.7. The summed E-state index contributed by atoms with van der Waals surface area (Å²) in [5.41, 5.74) is -1.01. The maximum Gasteiger partial charge on any atom is 0.141 e. The van der Waals surface area contributed by atoms with Crippen LogP contribution in [0.5, 0.6) is 0 Å². The second kappa shape index (κ2) is 5.13. The van der Waals surface area contributed by atoms with Gasteiger partial charge in [-0.15, -0.1) is 0 Å². The summed E-state index contributed by atoms with van der Waals surface area (Å²) in [5, 5.41) is 11.8. The van der Waals surface area contributed by atoms with E-state index in [1.165, 1.54) is 5.06 Å². The fraction of sp³-hybridized carbons (Fsp3) is 0.929. The Morgan fingerprint density at radius 3 is 2.42 bits per heavy atom. The lowest BCUT2D eigenvalue weighted by molar-refractivity contribution is -0.252. The van der Waals surface area contributed by atoms with Crippen LogP contribution in [0.4, 0.5) is 0 Å². The summed E-state index contributed by atoms with van der Waals surface area (Å²) in [5.74, 6) is 0.107. The molecule has 0 aromatic rings. The normalized spacial score (nSPS) is 32.5. The third-order valence-corrected chi connectivity index (χ3v) is 4.51. The molecular weight excluding hydrogens is 244 g/mol. The lowest BCUT2D eigenvalue weighted by Crippen LogP contribution is -2.66. The molecular formula is C14H26N2O3. The van der Waals surface area contributed by atoms with Crippen molar-refractivity contribution in [2.24, 2.45) is 5.92 Å². The fourth-order valence-electron chi connectivity index (χ4n) is 3.31. The standard InChI is InChI=1S/C14H26N2O3/c1-13(2)9-12(17)11(14(3,4)16(13)18)10-15-5-7-19-8-6-15/h11,18H,5-10H2,1-4H3/t11-/m1/s1. The fourth-order valence-corrected chi connectivity index (χ4v) is 3.31. The smallest absolute Gasteiger partial charge is 0.141 e. The van der Waals surface area contributed by atoms with Gasteiger partial charge in [0.2, 0.25) is 0 Å². The zero-order valence-electron chi connectivity index (χ0n) is 12.5. The number of ether oxygens (including phenoxy) is 1. The molecule has 2 aliphatic heterocycles. The van der Waals surface area contributed by atoms with Crippen LogP contribution in [0.3, 0.4) is 0 Å². The number of morpholine rings is 1. The summed E-state index contributed by atoms with van der Waals surface area (Å²) >= 11 is 0. The number of rotatable bonds is 2. The van der Waals surface area contributed by atoms with Crippen molar-refractivity contribution < 1.29 is 14.7 Å². The quantitative estimate of drug-likeness (QED) is 0.816. The van der Waals surface area contributed by atoms with Gasteiger partial charge in [-0.25, -0.2) is 0 Å². The van der Waals surface area contributed by atoms with Crippen LogP contribution >= 0.6 is 0 Å². The molecule has 5 heteroatoms. The Bertz CT molecular complexity index is 349. The molecule has 19 heavy (non-hydrogen) atoms. The van der Waals surface area contributed by atoms with E-state index in [2.05, 4.69) is 4.90 Å². The van der Waals surface area contributed by atoms with E-state index in [0.29, 0.717) is 13.0 Å². The first-order chi connectivity index (χ1) is 8.75. The SMILES string of the molecule is CC1(C)CC(=O)[C@@H](CN2CCOCC2)C(C)(C)N1O. The molecule has 2 fully saturated rings. The first kappa shape index (κ1) is 14.9. The molecule has 0 aliphatic carbocycles. The molecule has 0 aromatic heterocycles. The number of hydrogen-bond acceptors (Lipinski definition) is 5. The number of nitrogens with zero attached hydrogens (tertiary/aromatic N) is 2. The minimum Gasteiger partial charge on any atom is -0.379 e. The third kappa shape index (κ3) is 2.84. The highest BCUT2D eigenvalue weighted by Gasteiger charge is 2.51. The molecule has 0 amide bonds. The van der Waals surface area contributed by atoms with Gasteiger partial charge in [0.05, 0.1) is 24.7 Å². The summed E-state index contributed by atoms with van der Waals surface area (Å²) in [6.07, 6.45) is 0.405. The zero-order valence-corrected chi connectivity index (χ0v) is 12.5. The summed E-state index contributed by atoms with van der Waals surface area (Å²) < 4.78 is 5.34. The minimum absolute atomic E-state index is 0.149. The van der Waals surface area contributed by atoms with E-state index in [-0.39, 0.29) is 11.7 Å². The maximum absolute atomic E-state index is 12.4. The second-order valence-corrected chi connectivity index (χ2v) is 6.89. The summed E-state index contributed by atoms with van der Waals surface area (Å²) in [6.45, 7) is 11.7. The Balaban J connectivity index is 2.12. The molecule has 0 unspecified atom stereocenters. The monoisotopic (exact) mass is 270 g/mol. The van der Waals surface area contributed by atoms with Crippen LogP contribution in [-0.2, 0) is 9.53 Å². The van der Waals surface area contributed by atoms with Gasteiger partial charge in [-0.1, -0.05) is 0 Å². The number of carbonyl (C=O) groups is 1. The van der Waals surface area contributed by atoms with Crippen molar-refractivity contribution in [1.82, 2.24) is 9.96 Å². The first-order valence-corrected chi connectivity index (χ1v) is 7.07. The van der Waals surface area contributed by atoms with E-state index in [9.17, 15) is 10.0 Å². The molecule has 2 heterocycles. The largest absolute Gasteiger partial charge is 0.379 e. The van der Waals surface area contributed by atoms with Gasteiger partial charge in [-0.05, 0) is 27.7 Å².